The first-order chi connectivity index (χ1) is 8.16. The van der Waals surface area contributed by atoms with Gasteiger partial charge < -0.3 is 9.73 Å². The lowest BCUT2D eigenvalue weighted by molar-refractivity contribution is 0.514. The van der Waals surface area contributed by atoms with Crippen molar-refractivity contribution >= 4 is 22.6 Å². The van der Waals surface area contributed by atoms with Crippen molar-refractivity contribution in [1.29, 1.82) is 0 Å². The van der Waals surface area contributed by atoms with E-state index in [-0.39, 0.29) is 0 Å². The van der Waals surface area contributed by atoms with Gasteiger partial charge in [-0.15, -0.1) is 0 Å². The Morgan fingerprint density at radius 2 is 2.18 bits per heavy atom. The molecule has 0 bridgehead atoms. The van der Waals surface area contributed by atoms with Crippen LogP contribution in [-0.2, 0) is 6.42 Å². The average molecular weight is 252 g/mol. The van der Waals surface area contributed by atoms with Gasteiger partial charge in [-0.25, -0.2) is 0 Å². The van der Waals surface area contributed by atoms with E-state index in [4.69, 9.17) is 16.0 Å². The predicted molar refractivity (Wildman–Crippen MR) is 72.7 cm³/mol. The molecular formula is C14H18ClNO. The molecule has 2 aromatic rings. The summed E-state index contributed by atoms with van der Waals surface area (Å²) < 4.78 is 5.75. The van der Waals surface area contributed by atoms with Crippen LogP contribution in [-0.4, -0.2) is 12.6 Å². The fourth-order valence-electron chi connectivity index (χ4n) is 1.86. The molecule has 0 aliphatic heterocycles. The first-order valence-corrected chi connectivity index (χ1v) is 6.45. The Labute approximate surface area is 107 Å². The molecule has 0 aliphatic carbocycles. The van der Waals surface area contributed by atoms with E-state index in [1.54, 1.807) is 0 Å². The first-order valence-electron chi connectivity index (χ1n) is 6.07. The molecule has 0 atom stereocenters. The highest BCUT2D eigenvalue weighted by atomic mass is 35.5. The summed E-state index contributed by atoms with van der Waals surface area (Å²) in [4.78, 5) is 0. The minimum atomic E-state index is 0.542. The van der Waals surface area contributed by atoms with E-state index in [1.807, 2.05) is 18.2 Å². The number of benzene rings is 1. The Morgan fingerprint density at radius 3 is 2.88 bits per heavy atom. The molecule has 2 nitrogen and oxygen atoms in total. The van der Waals surface area contributed by atoms with Crippen LogP contribution in [0.4, 0.5) is 0 Å². The summed E-state index contributed by atoms with van der Waals surface area (Å²) in [6.07, 6.45) is 2.03. The second-order valence-corrected chi connectivity index (χ2v) is 4.99. The van der Waals surface area contributed by atoms with Crippen LogP contribution in [0.2, 0.25) is 5.02 Å². The molecule has 17 heavy (non-hydrogen) atoms. The van der Waals surface area contributed by atoms with Gasteiger partial charge in [-0.1, -0.05) is 37.6 Å². The third kappa shape index (κ3) is 3.24. The topological polar surface area (TPSA) is 25.2 Å². The monoisotopic (exact) mass is 251 g/mol. The molecule has 0 amide bonds. The lowest BCUT2D eigenvalue weighted by atomic mass is 10.2. The van der Waals surface area contributed by atoms with Gasteiger partial charge in [0.15, 0.2) is 5.58 Å². The average Bonchev–Trinajstić information content (AvgIpc) is 2.69. The molecular weight excluding hydrogens is 234 g/mol. The van der Waals surface area contributed by atoms with Gasteiger partial charge in [-0.05, 0) is 25.1 Å². The highest BCUT2D eigenvalue weighted by molar-refractivity contribution is 6.34. The largest absolute Gasteiger partial charge is 0.460 e. The van der Waals surface area contributed by atoms with Crippen molar-refractivity contribution < 1.29 is 4.42 Å². The molecule has 0 unspecified atom stereocenters. The summed E-state index contributed by atoms with van der Waals surface area (Å²) in [6, 6.07) is 8.46. The number of rotatable bonds is 5. The normalized spacial score (nSPS) is 11.5. The number of nitrogens with one attached hydrogen (secondary N) is 1. The van der Waals surface area contributed by atoms with Gasteiger partial charge in [0, 0.05) is 17.8 Å². The number of hydrogen-bond acceptors (Lipinski definition) is 2. The molecule has 1 aromatic heterocycles. The van der Waals surface area contributed by atoms with Crippen LogP contribution >= 0.6 is 11.6 Å². The molecule has 1 N–H and O–H groups in total. The quantitative estimate of drug-likeness (QED) is 0.812. The molecule has 0 fully saturated rings. The zero-order chi connectivity index (χ0) is 12.3. The van der Waals surface area contributed by atoms with Gasteiger partial charge in [0.05, 0.1) is 5.02 Å². The number of aryl methyl sites for hydroxylation is 1. The van der Waals surface area contributed by atoms with Crippen LogP contribution < -0.4 is 5.32 Å². The molecule has 2 rings (SSSR count). The summed E-state index contributed by atoms with van der Waals surface area (Å²) >= 11 is 6.07. The Hall–Kier alpha value is -0.990. The van der Waals surface area contributed by atoms with E-state index in [1.165, 1.54) is 0 Å². The van der Waals surface area contributed by atoms with E-state index in [9.17, 15) is 0 Å². The Morgan fingerprint density at radius 1 is 1.35 bits per heavy atom. The van der Waals surface area contributed by atoms with Crippen LogP contribution in [0.15, 0.2) is 28.7 Å². The van der Waals surface area contributed by atoms with Crippen molar-refractivity contribution in [3.05, 3.63) is 35.0 Å². The molecule has 1 aromatic carbocycles. The van der Waals surface area contributed by atoms with Gasteiger partial charge in [0.2, 0.25) is 0 Å². The lowest BCUT2D eigenvalue weighted by Crippen LogP contribution is -2.23. The van der Waals surface area contributed by atoms with Crippen molar-refractivity contribution in [2.24, 2.45) is 0 Å². The van der Waals surface area contributed by atoms with Crippen LogP contribution in [0.3, 0.4) is 0 Å². The zero-order valence-electron chi connectivity index (χ0n) is 10.3. The third-order valence-electron chi connectivity index (χ3n) is 2.70. The maximum atomic E-state index is 6.07. The van der Waals surface area contributed by atoms with E-state index < -0.39 is 0 Å². The summed E-state index contributed by atoms with van der Waals surface area (Å²) in [5, 5.41) is 5.17. The number of fused-ring (bicyclic) bond motifs is 1. The van der Waals surface area contributed by atoms with Gasteiger partial charge in [0.25, 0.3) is 0 Å². The van der Waals surface area contributed by atoms with E-state index in [0.29, 0.717) is 11.1 Å². The minimum Gasteiger partial charge on any atom is -0.460 e. The lowest BCUT2D eigenvalue weighted by Gasteiger charge is -2.06. The number of para-hydroxylation sites is 1. The third-order valence-corrected chi connectivity index (χ3v) is 3.00. The van der Waals surface area contributed by atoms with Crippen molar-refractivity contribution in [2.75, 3.05) is 6.54 Å². The SMILES string of the molecule is CC(C)NCCCc1cc2cccc(Cl)c2o1. The highest BCUT2D eigenvalue weighted by Gasteiger charge is 2.06. The number of halogens is 1. The smallest absolute Gasteiger partial charge is 0.152 e. The molecule has 0 aliphatic rings. The summed E-state index contributed by atoms with van der Waals surface area (Å²) in [6.45, 7) is 5.32. The zero-order valence-corrected chi connectivity index (χ0v) is 11.1. The summed E-state index contributed by atoms with van der Waals surface area (Å²) in [5.74, 6) is 1.01. The van der Waals surface area contributed by atoms with Crippen LogP contribution in [0, 0.1) is 0 Å². The molecule has 1 heterocycles. The van der Waals surface area contributed by atoms with Gasteiger partial charge in [0.1, 0.15) is 5.76 Å². The van der Waals surface area contributed by atoms with Crippen molar-refractivity contribution in [2.45, 2.75) is 32.7 Å². The number of furan rings is 1. The fourth-order valence-corrected chi connectivity index (χ4v) is 2.08. The van der Waals surface area contributed by atoms with Crippen LogP contribution in [0.1, 0.15) is 26.0 Å². The fraction of sp³-hybridized carbons (Fsp3) is 0.429. The molecule has 0 saturated carbocycles. The Bertz CT molecular complexity index is 490. The maximum Gasteiger partial charge on any atom is 0.152 e. The second-order valence-electron chi connectivity index (χ2n) is 4.58. The molecule has 0 saturated heterocycles. The van der Waals surface area contributed by atoms with Crippen molar-refractivity contribution in [1.82, 2.24) is 5.32 Å². The first kappa shape index (κ1) is 12.5. The highest BCUT2D eigenvalue weighted by Crippen LogP contribution is 2.26. The molecule has 0 radical (unpaired) electrons. The summed E-state index contributed by atoms with van der Waals surface area (Å²) in [5.41, 5.74) is 0.806. The van der Waals surface area contributed by atoms with Gasteiger partial charge in [-0.2, -0.15) is 0 Å². The predicted octanol–water partition coefficient (Wildman–Crippen LogP) is 4.02. The maximum absolute atomic E-state index is 6.07. The van der Waals surface area contributed by atoms with Crippen LogP contribution in [0.25, 0.3) is 11.0 Å². The molecule has 92 valence electrons. The standard InChI is InChI=1S/C14H18ClNO/c1-10(2)16-8-4-6-12-9-11-5-3-7-13(15)14(11)17-12/h3,5,7,9-10,16H,4,6,8H2,1-2H3. The molecule has 3 heteroatoms. The van der Waals surface area contributed by atoms with Crippen molar-refractivity contribution in [3.63, 3.8) is 0 Å². The van der Waals surface area contributed by atoms with Crippen LogP contribution in [0.5, 0.6) is 0 Å². The molecule has 0 spiro atoms. The second kappa shape index (κ2) is 5.56. The Balaban J connectivity index is 1.98. The Kier molecular flexibility index (Phi) is 4.08. The van der Waals surface area contributed by atoms with Crippen molar-refractivity contribution in [3.8, 4) is 0 Å². The van der Waals surface area contributed by atoms with E-state index >= 15 is 0 Å². The minimum absolute atomic E-state index is 0.542. The number of hydrogen-bond donors (Lipinski definition) is 1. The van der Waals surface area contributed by atoms with E-state index in [0.717, 1.165) is 36.1 Å². The van der Waals surface area contributed by atoms with E-state index in [2.05, 4.69) is 25.2 Å². The van der Waals surface area contributed by atoms with Gasteiger partial charge in [-0.3, -0.25) is 0 Å². The summed E-state index contributed by atoms with van der Waals surface area (Å²) in [7, 11) is 0. The van der Waals surface area contributed by atoms with Gasteiger partial charge >= 0.3 is 0 Å².